The number of carbonyl (C=O) groups excluding carboxylic acids is 1. The number of ether oxygens (including phenoxy) is 1. The highest BCUT2D eigenvalue weighted by molar-refractivity contribution is 6.31. The Balaban J connectivity index is 1.79. The first kappa shape index (κ1) is 20.3. The molecule has 0 radical (unpaired) electrons. The third-order valence-electron chi connectivity index (χ3n) is 4.98. The average Bonchev–Trinajstić information content (AvgIpc) is 2.97. The summed E-state index contributed by atoms with van der Waals surface area (Å²) in [5.74, 6) is 1.29. The molecule has 8 nitrogen and oxygen atoms in total. The number of urea groups is 1. The highest BCUT2D eigenvalue weighted by Gasteiger charge is 2.30. The highest BCUT2D eigenvalue weighted by Crippen LogP contribution is 2.30. The Hall–Kier alpha value is -2.48. The molecule has 1 aliphatic heterocycles. The third kappa shape index (κ3) is 4.01. The molecule has 0 spiro atoms. The van der Waals surface area contributed by atoms with Crippen molar-refractivity contribution >= 4 is 23.3 Å². The van der Waals surface area contributed by atoms with Crippen LogP contribution in [0, 0.1) is 0 Å². The molecule has 1 saturated heterocycles. The van der Waals surface area contributed by atoms with E-state index in [4.69, 9.17) is 16.3 Å². The van der Waals surface area contributed by atoms with Gasteiger partial charge in [0, 0.05) is 37.1 Å². The number of hydrogen-bond acceptors (Lipinski definition) is 4. The number of amides is 2. The van der Waals surface area contributed by atoms with Crippen molar-refractivity contribution in [2.24, 2.45) is 7.05 Å². The molecule has 1 fully saturated rings. The second-order valence-corrected chi connectivity index (χ2v) is 7.72. The van der Waals surface area contributed by atoms with Crippen LogP contribution in [0.5, 0.6) is 5.75 Å². The second-order valence-electron chi connectivity index (χ2n) is 7.29. The first-order valence-corrected chi connectivity index (χ1v) is 9.74. The fraction of sp³-hybridized carbons (Fsp3) is 0.526. The van der Waals surface area contributed by atoms with Gasteiger partial charge in [-0.3, -0.25) is 4.57 Å². The number of likely N-dealkylation sites (tertiary alicyclic amines) is 1. The van der Waals surface area contributed by atoms with Crippen molar-refractivity contribution in [3.63, 3.8) is 0 Å². The fourth-order valence-electron chi connectivity index (χ4n) is 3.61. The number of halogens is 1. The standard InChI is InChI=1S/C19H26ClN5O3/c1-12(2)25-17(22-23(3)19(25)27)13-6-5-9-24(11-13)18(26)21-15-10-14(20)7-8-16(15)28-4/h7-8,10,12-13H,5-6,9,11H2,1-4H3,(H,21,26). The van der Waals surface area contributed by atoms with Crippen molar-refractivity contribution in [2.75, 3.05) is 25.5 Å². The van der Waals surface area contributed by atoms with Gasteiger partial charge in [0.2, 0.25) is 0 Å². The van der Waals surface area contributed by atoms with Crippen molar-refractivity contribution in [2.45, 2.75) is 38.6 Å². The van der Waals surface area contributed by atoms with E-state index < -0.39 is 0 Å². The Morgan fingerprint density at radius 3 is 2.82 bits per heavy atom. The molecule has 1 aliphatic rings. The zero-order valence-corrected chi connectivity index (χ0v) is 17.4. The summed E-state index contributed by atoms with van der Waals surface area (Å²) in [5, 5.41) is 7.84. The normalized spacial score (nSPS) is 17.1. The molecule has 1 aromatic carbocycles. The molecule has 28 heavy (non-hydrogen) atoms. The Labute approximate surface area is 169 Å². The summed E-state index contributed by atoms with van der Waals surface area (Å²) in [5.41, 5.74) is 0.397. The second kappa shape index (κ2) is 8.26. The van der Waals surface area contributed by atoms with Gasteiger partial charge in [0.1, 0.15) is 11.6 Å². The lowest BCUT2D eigenvalue weighted by atomic mass is 9.97. The van der Waals surface area contributed by atoms with E-state index in [0.29, 0.717) is 29.5 Å². The zero-order chi connectivity index (χ0) is 20.4. The molecule has 1 unspecified atom stereocenters. The largest absolute Gasteiger partial charge is 0.495 e. The predicted molar refractivity (Wildman–Crippen MR) is 108 cm³/mol. The van der Waals surface area contributed by atoms with Crippen molar-refractivity contribution < 1.29 is 9.53 Å². The molecule has 2 heterocycles. The number of hydrogen-bond donors (Lipinski definition) is 1. The fourth-order valence-corrected chi connectivity index (χ4v) is 3.78. The molecule has 1 atom stereocenters. The predicted octanol–water partition coefficient (Wildman–Crippen LogP) is 3.24. The summed E-state index contributed by atoms with van der Waals surface area (Å²) in [6.07, 6.45) is 1.72. The Bertz CT molecular complexity index is 921. The molecule has 2 aromatic rings. The molecule has 1 aromatic heterocycles. The number of nitrogens with one attached hydrogen (secondary N) is 1. The van der Waals surface area contributed by atoms with Crippen LogP contribution in [0.1, 0.15) is 44.5 Å². The minimum absolute atomic E-state index is 0.0103. The van der Waals surface area contributed by atoms with Gasteiger partial charge in [-0.1, -0.05) is 11.6 Å². The van der Waals surface area contributed by atoms with Crippen LogP contribution in [0.25, 0.3) is 0 Å². The van der Waals surface area contributed by atoms with Crippen molar-refractivity contribution in [1.29, 1.82) is 0 Å². The molecule has 9 heteroatoms. The number of piperidine rings is 1. The molecular formula is C19H26ClN5O3. The van der Waals surface area contributed by atoms with Gasteiger partial charge >= 0.3 is 11.7 Å². The lowest BCUT2D eigenvalue weighted by molar-refractivity contribution is 0.190. The van der Waals surface area contributed by atoms with Crippen molar-refractivity contribution in [3.8, 4) is 5.75 Å². The van der Waals surface area contributed by atoms with Crippen LogP contribution >= 0.6 is 11.6 Å². The van der Waals surface area contributed by atoms with E-state index >= 15 is 0 Å². The summed E-state index contributed by atoms with van der Waals surface area (Å²) < 4.78 is 8.37. The summed E-state index contributed by atoms with van der Waals surface area (Å²) in [6, 6.07) is 4.87. The Kier molecular flexibility index (Phi) is 5.98. The van der Waals surface area contributed by atoms with E-state index in [0.717, 1.165) is 18.7 Å². The van der Waals surface area contributed by atoms with Gasteiger partial charge in [-0.2, -0.15) is 5.10 Å². The Morgan fingerprint density at radius 2 is 2.14 bits per heavy atom. The number of anilines is 1. The molecule has 2 amide bonds. The Morgan fingerprint density at radius 1 is 1.39 bits per heavy atom. The molecule has 1 N–H and O–H groups in total. The molecular weight excluding hydrogens is 382 g/mol. The van der Waals surface area contributed by atoms with Gasteiger partial charge in [-0.25, -0.2) is 14.3 Å². The maximum Gasteiger partial charge on any atom is 0.345 e. The maximum absolute atomic E-state index is 12.8. The smallest absolute Gasteiger partial charge is 0.345 e. The number of carbonyl (C=O) groups is 1. The first-order chi connectivity index (χ1) is 13.3. The van der Waals surface area contributed by atoms with E-state index in [-0.39, 0.29) is 23.7 Å². The topological polar surface area (TPSA) is 81.4 Å². The summed E-state index contributed by atoms with van der Waals surface area (Å²) >= 11 is 6.05. The van der Waals surface area contributed by atoms with Gasteiger partial charge in [0.25, 0.3) is 0 Å². The van der Waals surface area contributed by atoms with Crippen LogP contribution in [0.15, 0.2) is 23.0 Å². The van der Waals surface area contributed by atoms with Crippen LogP contribution in [0.2, 0.25) is 5.02 Å². The van der Waals surface area contributed by atoms with Gasteiger partial charge in [-0.15, -0.1) is 0 Å². The monoisotopic (exact) mass is 407 g/mol. The summed E-state index contributed by atoms with van der Waals surface area (Å²) in [6.45, 7) is 5.07. The molecule has 152 valence electrons. The van der Waals surface area contributed by atoms with Crippen LogP contribution in [0.3, 0.4) is 0 Å². The van der Waals surface area contributed by atoms with Gasteiger partial charge in [-0.05, 0) is 44.9 Å². The molecule has 0 saturated carbocycles. The number of nitrogens with zero attached hydrogens (tertiary/aromatic N) is 4. The summed E-state index contributed by atoms with van der Waals surface area (Å²) in [7, 11) is 3.20. The average molecular weight is 408 g/mol. The minimum Gasteiger partial charge on any atom is -0.495 e. The van der Waals surface area contributed by atoms with E-state index in [1.807, 2.05) is 13.8 Å². The SMILES string of the molecule is COc1ccc(Cl)cc1NC(=O)N1CCCC(c2nn(C)c(=O)n2C(C)C)C1. The minimum atomic E-state index is -0.223. The van der Waals surface area contributed by atoms with Crippen molar-refractivity contribution in [3.05, 3.63) is 39.5 Å². The summed E-state index contributed by atoms with van der Waals surface area (Å²) in [4.78, 5) is 27.0. The van der Waals surface area contributed by atoms with E-state index in [2.05, 4.69) is 10.4 Å². The quantitative estimate of drug-likeness (QED) is 0.843. The number of methoxy groups -OCH3 is 1. The van der Waals surface area contributed by atoms with Crippen LogP contribution in [0.4, 0.5) is 10.5 Å². The van der Waals surface area contributed by atoms with E-state index in [1.54, 1.807) is 41.8 Å². The lowest BCUT2D eigenvalue weighted by Gasteiger charge is -2.32. The number of aryl methyl sites for hydroxylation is 1. The van der Waals surface area contributed by atoms with E-state index in [1.165, 1.54) is 4.68 Å². The molecule has 0 aliphatic carbocycles. The number of aromatic nitrogens is 3. The first-order valence-electron chi connectivity index (χ1n) is 9.36. The van der Waals surface area contributed by atoms with Crippen molar-refractivity contribution in [1.82, 2.24) is 19.2 Å². The lowest BCUT2D eigenvalue weighted by Crippen LogP contribution is -2.42. The van der Waals surface area contributed by atoms with Crippen LogP contribution in [-0.4, -0.2) is 45.5 Å². The molecule has 3 rings (SSSR count). The number of benzene rings is 1. The van der Waals surface area contributed by atoms with Gasteiger partial charge < -0.3 is 15.0 Å². The number of rotatable bonds is 4. The van der Waals surface area contributed by atoms with Gasteiger partial charge in [0.05, 0.1) is 12.8 Å². The zero-order valence-electron chi connectivity index (χ0n) is 16.6. The van der Waals surface area contributed by atoms with Crippen LogP contribution < -0.4 is 15.7 Å². The third-order valence-corrected chi connectivity index (χ3v) is 5.21. The maximum atomic E-state index is 12.8. The van der Waals surface area contributed by atoms with E-state index in [9.17, 15) is 9.59 Å². The highest BCUT2D eigenvalue weighted by atomic mass is 35.5. The van der Waals surface area contributed by atoms with Crippen LogP contribution in [-0.2, 0) is 7.05 Å². The molecule has 0 bridgehead atoms. The van der Waals surface area contributed by atoms with Gasteiger partial charge in [0.15, 0.2) is 0 Å².